The Kier molecular flexibility index (Phi) is 4.51. The second kappa shape index (κ2) is 6.01. The van der Waals surface area contributed by atoms with Crippen LogP contribution in [0.1, 0.15) is 34.4 Å². The zero-order valence-corrected chi connectivity index (χ0v) is 14.6. The summed E-state index contributed by atoms with van der Waals surface area (Å²) in [5.41, 5.74) is 3.73. The zero-order valence-electron chi connectivity index (χ0n) is 13.0. The van der Waals surface area contributed by atoms with E-state index in [1.54, 1.807) is 29.9 Å². The predicted molar refractivity (Wildman–Crippen MR) is 84.1 cm³/mol. The highest BCUT2D eigenvalue weighted by Crippen LogP contribution is 2.20. The zero-order chi connectivity index (χ0) is 15.7. The van der Waals surface area contributed by atoms with Gasteiger partial charge in [0.2, 0.25) is 0 Å². The van der Waals surface area contributed by atoms with Crippen molar-refractivity contribution in [2.24, 2.45) is 7.05 Å². The maximum absolute atomic E-state index is 12.6. The molecule has 0 aliphatic carbocycles. The molecule has 2 rings (SSSR count). The molecular weight excluding hydrogens is 334 g/mol. The van der Waals surface area contributed by atoms with Crippen LogP contribution in [0.5, 0.6) is 0 Å². The third kappa shape index (κ3) is 2.88. The van der Waals surface area contributed by atoms with Crippen molar-refractivity contribution in [1.29, 1.82) is 0 Å². The summed E-state index contributed by atoms with van der Waals surface area (Å²) in [6.07, 6.45) is 1.63. The fourth-order valence-corrected chi connectivity index (χ4v) is 2.93. The lowest BCUT2D eigenvalue weighted by Gasteiger charge is -2.18. The number of hydrogen-bond acceptors (Lipinski definition) is 3. The van der Waals surface area contributed by atoms with Crippen molar-refractivity contribution in [3.05, 3.63) is 33.3 Å². The Labute approximate surface area is 132 Å². The molecular formula is C14H20BrN5O. The van der Waals surface area contributed by atoms with E-state index in [1.165, 1.54) is 0 Å². The van der Waals surface area contributed by atoms with Gasteiger partial charge in [0.15, 0.2) is 0 Å². The lowest BCUT2D eigenvalue weighted by Crippen LogP contribution is -2.28. The van der Waals surface area contributed by atoms with E-state index in [2.05, 4.69) is 33.1 Å². The van der Waals surface area contributed by atoms with Gasteiger partial charge in [-0.05, 0) is 36.7 Å². The van der Waals surface area contributed by atoms with Crippen molar-refractivity contribution in [1.82, 2.24) is 24.5 Å². The van der Waals surface area contributed by atoms with Gasteiger partial charge >= 0.3 is 0 Å². The number of carbonyl (C=O) groups is 1. The first-order valence-corrected chi connectivity index (χ1v) is 7.61. The van der Waals surface area contributed by atoms with E-state index in [4.69, 9.17) is 0 Å². The van der Waals surface area contributed by atoms with E-state index in [1.807, 2.05) is 18.5 Å². The molecule has 0 aromatic carbocycles. The summed E-state index contributed by atoms with van der Waals surface area (Å²) >= 11 is 3.37. The van der Waals surface area contributed by atoms with Crippen LogP contribution in [0.3, 0.4) is 0 Å². The molecule has 21 heavy (non-hydrogen) atoms. The Morgan fingerprint density at radius 3 is 2.57 bits per heavy atom. The molecule has 0 bridgehead atoms. The van der Waals surface area contributed by atoms with E-state index < -0.39 is 0 Å². The van der Waals surface area contributed by atoms with Gasteiger partial charge in [0.25, 0.3) is 5.91 Å². The van der Waals surface area contributed by atoms with Crippen LogP contribution in [-0.2, 0) is 20.1 Å². The van der Waals surface area contributed by atoms with Crippen LogP contribution >= 0.6 is 15.9 Å². The lowest BCUT2D eigenvalue weighted by atomic mass is 10.2. The highest BCUT2D eigenvalue weighted by molar-refractivity contribution is 9.10. The maximum Gasteiger partial charge on any atom is 0.273 e. The van der Waals surface area contributed by atoms with Crippen LogP contribution in [0.4, 0.5) is 0 Å². The third-order valence-electron chi connectivity index (χ3n) is 3.67. The van der Waals surface area contributed by atoms with Crippen molar-refractivity contribution in [3.8, 4) is 0 Å². The second-order valence-corrected chi connectivity index (χ2v) is 5.95. The van der Waals surface area contributed by atoms with Crippen LogP contribution in [-0.4, -0.2) is 37.4 Å². The van der Waals surface area contributed by atoms with Crippen molar-refractivity contribution < 1.29 is 4.79 Å². The van der Waals surface area contributed by atoms with E-state index in [9.17, 15) is 4.79 Å². The van der Waals surface area contributed by atoms with Crippen LogP contribution in [0.15, 0.2) is 10.7 Å². The second-order valence-electron chi connectivity index (χ2n) is 5.09. The fraction of sp³-hybridized carbons (Fsp3) is 0.500. The van der Waals surface area contributed by atoms with Gasteiger partial charge in [0.05, 0.1) is 16.4 Å². The maximum atomic E-state index is 12.6. The molecule has 2 heterocycles. The molecule has 1 amide bonds. The average molecular weight is 354 g/mol. The topological polar surface area (TPSA) is 56.0 Å². The molecule has 0 saturated heterocycles. The van der Waals surface area contributed by atoms with Gasteiger partial charge in [-0.2, -0.15) is 10.2 Å². The van der Waals surface area contributed by atoms with Gasteiger partial charge < -0.3 is 4.90 Å². The number of rotatable bonds is 4. The highest BCUT2D eigenvalue weighted by atomic mass is 79.9. The Morgan fingerprint density at radius 1 is 1.43 bits per heavy atom. The van der Waals surface area contributed by atoms with Crippen LogP contribution in [0.25, 0.3) is 0 Å². The largest absolute Gasteiger partial charge is 0.336 e. The predicted octanol–water partition coefficient (Wildman–Crippen LogP) is 2.29. The van der Waals surface area contributed by atoms with Gasteiger partial charge in [-0.1, -0.05) is 0 Å². The summed E-state index contributed by atoms with van der Waals surface area (Å²) in [6.45, 7) is 7.44. The van der Waals surface area contributed by atoms with Crippen LogP contribution in [0, 0.1) is 13.8 Å². The standard InChI is InChI=1S/C14H20BrN5O/c1-6-20-10(3)11(9(2)17-20)8-18(4)14(21)13-12(15)7-16-19(13)5/h7H,6,8H2,1-5H3. The number of aromatic nitrogens is 4. The molecule has 0 aliphatic rings. The molecule has 2 aromatic rings. The van der Waals surface area contributed by atoms with E-state index in [0.717, 1.165) is 23.5 Å². The summed E-state index contributed by atoms with van der Waals surface area (Å²) in [5.74, 6) is -0.0649. The van der Waals surface area contributed by atoms with Gasteiger partial charge in [0.1, 0.15) is 5.69 Å². The number of aryl methyl sites for hydroxylation is 3. The molecule has 0 atom stereocenters. The first kappa shape index (κ1) is 15.8. The Morgan fingerprint density at radius 2 is 2.10 bits per heavy atom. The molecule has 0 radical (unpaired) electrons. The van der Waals surface area contributed by atoms with Crippen molar-refractivity contribution in [2.75, 3.05) is 7.05 Å². The molecule has 0 saturated carbocycles. The molecule has 0 N–H and O–H groups in total. The fourth-order valence-electron chi connectivity index (χ4n) is 2.41. The monoisotopic (exact) mass is 353 g/mol. The van der Waals surface area contributed by atoms with E-state index >= 15 is 0 Å². The highest BCUT2D eigenvalue weighted by Gasteiger charge is 2.21. The molecule has 0 aliphatic heterocycles. The summed E-state index contributed by atoms with van der Waals surface area (Å²) in [5, 5.41) is 8.58. The molecule has 0 spiro atoms. The molecule has 2 aromatic heterocycles. The third-order valence-corrected chi connectivity index (χ3v) is 4.25. The summed E-state index contributed by atoms with van der Waals surface area (Å²) in [6, 6.07) is 0. The minimum absolute atomic E-state index is 0.0649. The van der Waals surface area contributed by atoms with Crippen molar-refractivity contribution in [3.63, 3.8) is 0 Å². The summed E-state index contributed by atoms with van der Waals surface area (Å²) < 4.78 is 4.25. The normalized spacial score (nSPS) is 11.0. The SMILES string of the molecule is CCn1nc(C)c(CN(C)C(=O)c2c(Br)cnn2C)c1C. The van der Waals surface area contributed by atoms with Crippen molar-refractivity contribution >= 4 is 21.8 Å². The number of carbonyl (C=O) groups excluding carboxylic acids is 1. The Bertz CT molecular complexity index is 654. The van der Waals surface area contributed by atoms with Gasteiger partial charge in [-0.15, -0.1) is 0 Å². The minimum atomic E-state index is -0.0649. The van der Waals surface area contributed by atoms with Gasteiger partial charge in [-0.3, -0.25) is 14.2 Å². The number of nitrogens with zero attached hydrogens (tertiary/aromatic N) is 5. The summed E-state index contributed by atoms with van der Waals surface area (Å²) in [7, 11) is 3.56. The number of amides is 1. The van der Waals surface area contributed by atoms with E-state index in [-0.39, 0.29) is 5.91 Å². The average Bonchev–Trinajstić information content (AvgIpc) is 2.91. The van der Waals surface area contributed by atoms with Gasteiger partial charge in [-0.25, -0.2) is 0 Å². The van der Waals surface area contributed by atoms with Crippen molar-refractivity contribution in [2.45, 2.75) is 33.9 Å². The molecule has 6 nitrogen and oxygen atoms in total. The van der Waals surface area contributed by atoms with Gasteiger partial charge in [0, 0.05) is 38.4 Å². The summed E-state index contributed by atoms with van der Waals surface area (Å²) in [4.78, 5) is 14.3. The van der Waals surface area contributed by atoms with Crippen LogP contribution in [0.2, 0.25) is 0 Å². The van der Waals surface area contributed by atoms with E-state index in [0.29, 0.717) is 16.7 Å². The quantitative estimate of drug-likeness (QED) is 0.847. The molecule has 114 valence electrons. The first-order valence-electron chi connectivity index (χ1n) is 6.82. The van der Waals surface area contributed by atoms with Crippen LogP contribution < -0.4 is 0 Å². The smallest absolute Gasteiger partial charge is 0.273 e. The number of hydrogen-bond donors (Lipinski definition) is 0. The molecule has 7 heteroatoms. The number of halogens is 1. The molecule has 0 unspecified atom stereocenters. The molecule has 0 fully saturated rings. The lowest BCUT2D eigenvalue weighted by molar-refractivity contribution is 0.0773. The minimum Gasteiger partial charge on any atom is -0.336 e. The Balaban J connectivity index is 2.24. The Hall–Kier alpha value is -1.63. The first-order chi connectivity index (χ1) is 9.86.